The fourth-order valence-corrected chi connectivity index (χ4v) is 2.74. The number of nitrogens with two attached hydrogens (primary N) is 1. The Morgan fingerprint density at radius 3 is 2.56 bits per heavy atom. The topological polar surface area (TPSA) is 102 Å². The second kappa shape index (κ2) is 8.62. The van der Waals surface area contributed by atoms with Crippen LogP contribution in [0.4, 0.5) is 0 Å². The van der Waals surface area contributed by atoms with Gasteiger partial charge in [0.2, 0.25) is 17.7 Å². The van der Waals surface area contributed by atoms with Gasteiger partial charge in [0.25, 0.3) is 0 Å². The van der Waals surface area contributed by atoms with Crippen molar-refractivity contribution in [1.82, 2.24) is 10.2 Å². The van der Waals surface area contributed by atoms with E-state index in [0.29, 0.717) is 6.54 Å². The highest BCUT2D eigenvalue weighted by molar-refractivity contribution is 5.89. The molecule has 7 nitrogen and oxygen atoms in total. The second-order valence-corrected chi connectivity index (χ2v) is 6.50. The zero-order valence-corrected chi connectivity index (χ0v) is 14.6. The number of primary amides is 1. The van der Waals surface area contributed by atoms with Crippen LogP contribution in [0.3, 0.4) is 0 Å². The smallest absolute Gasteiger partial charge is 0.248 e. The third-order valence-electron chi connectivity index (χ3n) is 4.15. The van der Waals surface area contributed by atoms with Gasteiger partial charge < -0.3 is 20.7 Å². The minimum atomic E-state index is -0.800. The van der Waals surface area contributed by atoms with Crippen LogP contribution in [0.15, 0.2) is 30.3 Å². The molecule has 7 heteroatoms. The lowest BCUT2D eigenvalue weighted by atomic mass is 10.0. The molecule has 3 amide bonds. The predicted molar refractivity (Wildman–Crippen MR) is 92.4 cm³/mol. The number of carbonyl (C=O) groups excluding carboxylic acids is 3. The third-order valence-corrected chi connectivity index (χ3v) is 4.15. The molecule has 0 aromatic heterocycles. The third kappa shape index (κ3) is 5.29. The van der Waals surface area contributed by atoms with E-state index >= 15 is 0 Å². The van der Waals surface area contributed by atoms with E-state index in [1.807, 2.05) is 44.2 Å². The molecule has 1 aliphatic rings. The zero-order valence-electron chi connectivity index (χ0n) is 14.6. The van der Waals surface area contributed by atoms with Gasteiger partial charge in [-0.25, -0.2) is 0 Å². The average Bonchev–Trinajstić information content (AvgIpc) is 2.60. The van der Waals surface area contributed by atoms with Crippen molar-refractivity contribution in [2.45, 2.75) is 32.4 Å². The summed E-state index contributed by atoms with van der Waals surface area (Å²) >= 11 is 0. The highest BCUT2D eigenvalue weighted by Crippen LogP contribution is 2.12. The average molecular weight is 347 g/mol. The summed E-state index contributed by atoms with van der Waals surface area (Å²) in [6, 6.07) is 8.70. The van der Waals surface area contributed by atoms with Crippen LogP contribution in [0, 0.1) is 5.92 Å². The second-order valence-electron chi connectivity index (χ2n) is 6.50. The fourth-order valence-electron chi connectivity index (χ4n) is 2.74. The van der Waals surface area contributed by atoms with Crippen LogP contribution in [-0.2, 0) is 25.5 Å². The maximum atomic E-state index is 12.8. The molecule has 0 radical (unpaired) electrons. The highest BCUT2D eigenvalue weighted by Gasteiger charge is 2.33. The number of morpholine rings is 1. The maximum Gasteiger partial charge on any atom is 0.248 e. The van der Waals surface area contributed by atoms with Crippen LogP contribution < -0.4 is 11.1 Å². The van der Waals surface area contributed by atoms with Crippen molar-refractivity contribution in [2.24, 2.45) is 11.7 Å². The molecule has 2 atom stereocenters. The fraction of sp³-hybridized carbons (Fsp3) is 0.500. The Morgan fingerprint density at radius 1 is 1.28 bits per heavy atom. The van der Waals surface area contributed by atoms with Crippen LogP contribution in [0.5, 0.6) is 0 Å². The van der Waals surface area contributed by atoms with Crippen molar-refractivity contribution in [3.63, 3.8) is 0 Å². The van der Waals surface area contributed by atoms with Gasteiger partial charge in [-0.2, -0.15) is 0 Å². The molecule has 0 aliphatic carbocycles. The first-order valence-electron chi connectivity index (χ1n) is 8.41. The lowest BCUT2D eigenvalue weighted by molar-refractivity contribution is -0.148. The molecule has 1 aromatic carbocycles. The van der Waals surface area contributed by atoms with Crippen LogP contribution >= 0.6 is 0 Å². The first kappa shape index (κ1) is 18.9. The summed E-state index contributed by atoms with van der Waals surface area (Å²) in [6.07, 6.45) is -0.588. The molecule has 0 saturated carbocycles. The number of nitrogens with zero attached hydrogens (tertiary/aromatic N) is 1. The number of ether oxygens (including phenoxy) is 1. The lowest BCUT2D eigenvalue weighted by Crippen LogP contribution is -2.57. The molecule has 1 aromatic rings. The lowest BCUT2D eigenvalue weighted by Gasteiger charge is -2.35. The number of benzene rings is 1. The van der Waals surface area contributed by atoms with Crippen LogP contribution in [-0.4, -0.2) is 54.5 Å². The van der Waals surface area contributed by atoms with Crippen LogP contribution in [0.25, 0.3) is 0 Å². The Bertz CT molecular complexity index is 618. The van der Waals surface area contributed by atoms with Gasteiger partial charge >= 0.3 is 0 Å². The van der Waals surface area contributed by atoms with E-state index in [4.69, 9.17) is 10.5 Å². The Morgan fingerprint density at radius 2 is 1.96 bits per heavy atom. The van der Waals surface area contributed by atoms with Crippen molar-refractivity contribution in [3.05, 3.63) is 35.9 Å². The molecule has 2 rings (SSSR count). The Kier molecular flexibility index (Phi) is 6.52. The van der Waals surface area contributed by atoms with Crippen LogP contribution in [0.1, 0.15) is 19.4 Å². The number of amides is 3. The summed E-state index contributed by atoms with van der Waals surface area (Å²) in [5.41, 5.74) is 6.14. The van der Waals surface area contributed by atoms with Crippen molar-refractivity contribution < 1.29 is 19.1 Å². The Hall–Kier alpha value is -2.41. The van der Waals surface area contributed by atoms with Crippen molar-refractivity contribution in [2.75, 3.05) is 19.7 Å². The molecule has 3 N–H and O–H groups in total. The monoisotopic (exact) mass is 347 g/mol. The molecule has 1 heterocycles. The quantitative estimate of drug-likeness (QED) is 0.761. The largest absolute Gasteiger partial charge is 0.367 e. The number of hydrogen-bond donors (Lipinski definition) is 2. The van der Waals surface area contributed by atoms with E-state index in [0.717, 1.165) is 5.56 Å². The number of nitrogens with one attached hydrogen (secondary N) is 1. The van der Waals surface area contributed by atoms with E-state index in [1.165, 1.54) is 4.90 Å². The van der Waals surface area contributed by atoms with Crippen molar-refractivity contribution in [3.8, 4) is 0 Å². The normalized spacial score (nSPS) is 18.7. The molecular weight excluding hydrogens is 322 g/mol. The van der Waals surface area contributed by atoms with E-state index < -0.39 is 18.1 Å². The summed E-state index contributed by atoms with van der Waals surface area (Å²) in [5, 5.41) is 2.82. The summed E-state index contributed by atoms with van der Waals surface area (Å²) in [5.74, 6) is -1.10. The van der Waals surface area contributed by atoms with Gasteiger partial charge in [-0.1, -0.05) is 44.2 Å². The van der Waals surface area contributed by atoms with Gasteiger partial charge in [0, 0.05) is 6.54 Å². The van der Waals surface area contributed by atoms with Crippen LogP contribution in [0.2, 0.25) is 0 Å². The summed E-state index contributed by atoms with van der Waals surface area (Å²) in [4.78, 5) is 37.9. The van der Waals surface area contributed by atoms with Gasteiger partial charge in [0.05, 0.1) is 19.6 Å². The van der Waals surface area contributed by atoms with E-state index in [2.05, 4.69) is 5.32 Å². The number of carbonyl (C=O) groups is 3. The van der Waals surface area contributed by atoms with E-state index in [9.17, 15) is 14.4 Å². The summed E-state index contributed by atoms with van der Waals surface area (Å²) < 4.78 is 5.26. The Labute approximate surface area is 147 Å². The molecule has 1 saturated heterocycles. The molecule has 25 heavy (non-hydrogen) atoms. The first-order valence-corrected chi connectivity index (χ1v) is 8.41. The highest BCUT2D eigenvalue weighted by atomic mass is 16.5. The standard InChI is InChI=1S/C18H25N3O4/c1-12(2)16(20-15(22)10-13-6-4-3-5-7-13)18(24)21-8-9-25-14(11-21)17(19)23/h3-7,12,14,16H,8-11H2,1-2H3,(H2,19,23)(H,20,22)/t14-,16+/m1/s1. The molecule has 0 unspecified atom stereocenters. The molecule has 136 valence electrons. The molecule has 0 spiro atoms. The Balaban J connectivity index is 2.00. The van der Waals surface area contributed by atoms with Crippen molar-refractivity contribution in [1.29, 1.82) is 0 Å². The summed E-state index contributed by atoms with van der Waals surface area (Å²) in [6.45, 7) is 4.49. The van der Waals surface area contributed by atoms with Crippen molar-refractivity contribution >= 4 is 17.7 Å². The molecule has 1 fully saturated rings. The predicted octanol–water partition coefficient (Wildman–Crippen LogP) is 0.0826. The minimum Gasteiger partial charge on any atom is -0.367 e. The zero-order chi connectivity index (χ0) is 18.4. The summed E-state index contributed by atoms with van der Waals surface area (Å²) in [7, 11) is 0. The minimum absolute atomic E-state index is 0.0814. The molecule has 1 aliphatic heterocycles. The van der Waals surface area contributed by atoms with Gasteiger partial charge in [-0.05, 0) is 11.5 Å². The molecular formula is C18H25N3O4. The van der Waals surface area contributed by atoms with Gasteiger partial charge in [0.1, 0.15) is 6.04 Å². The van der Waals surface area contributed by atoms with Gasteiger partial charge in [-0.3, -0.25) is 14.4 Å². The number of rotatable bonds is 6. The number of hydrogen-bond acceptors (Lipinski definition) is 4. The SMILES string of the molecule is CC(C)[C@H](NC(=O)Cc1ccccc1)C(=O)N1CCO[C@@H](C(N)=O)C1. The van der Waals surface area contributed by atoms with Gasteiger partial charge in [0.15, 0.2) is 6.10 Å². The maximum absolute atomic E-state index is 12.8. The first-order chi connectivity index (χ1) is 11.9. The van der Waals surface area contributed by atoms with E-state index in [-0.39, 0.29) is 37.3 Å². The molecule has 0 bridgehead atoms. The van der Waals surface area contributed by atoms with Gasteiger partial charge in [-0.15, -0.1) is 0 Å². The van der Waals surface area contributed by atoms with E-state index in [1.54, 1.807) is 0 Å².